The third-order valence-electron chi connectivity index (χ3n) is 4.10. The summed E-state index contributed by atoms with van der Waals surface area (Å²) in [5.41, 5.74) is -1.04. The van der Waals surface area contributed by atoms with Crippen molar-refractivity contribution in [1.82, 2.24) is 0 Å². The molecule has 0 aliphatic heterocycles. The van der Waals surface area contributed by atoms with Gasteiger partial charge in [-0.15, -0.1) is 11.6 Å². The van der Waals surface area contributed by atoms with E-state index in [1.165, 1.54) is 36.4 Å². The monoisotopic (exact) mass is 451 g/mol. The summed E-state index contributed by atoms with van der Waals surface area (Å²) < 4.78 is 49.4. The standard InChI is InChI=1S/C21H13ClF3NO5/c22-12-13-5-7-14(8-6-13)20(27)31-19-4-2-1-3-18(19)30-17-10-9-15(21(23,24)25)11-16(17)26(28)29/h1-11H,12H2. The van der Waals surface area contributed by atoms with E-state index in [0.717, 1.165) is 11.6 Å². The van der Waals surface area contributed by atoms with E-state index in [9.17, 15) is 28.1 Å². The van der Waals surface area contributed by atoms with E-state index in [1.807, 2.05) is 0 Å². The van der Waals surface area contributed by atoms with Crippen LogP contribution >= 0.6 is 11.6 Å². The van der Waals surface area contributed by atoms with Gasteiger partial charge in [-0.05, 0) is 42.0 Å². The Morgan fingerprint density at radius 3 is 2.19 bits per heavy atom. The van der Waals surface area contributed by atoms with Crippen LogP contribution in [0.4, 0.5) is 18.9 Å². The van der Waals surface area contributed by atoms with Gasteiger partial charge >= 0.3 is 17.8 Å². The Kier molecular flexibility index (Phi) is 6.45. The molecule has 3 aromatic carbocycles. The minimum absolute atomic E-state index is 0.0666. The Balaban J connectivity index is 1.88. The molecule has 160 valence electrons. The molecule has 3 aromatic rings. The molecule has 0 aliphatic carbocycles. The van der Waals surface area contributed by atoms with Crippen molar-refractivity contribution in [2.45, 2.75) is 12.1 Å². The fourth-order valence-corrected chi connectivity index (χ4v) is 2.73. The maximum absolute atomic E-state index is 12.9. The van der Waals surface area contributed by atoms with Crippen LogP contribution in [0, 0.1) is 10.1 Å². The molecule has 10 heteroatoms. The zero-order chi connectivity index (χ0) is 22.6. The van der Waals surface area contributed by atoms with Gasteiger partial charge in [0.2, 0.25) is 5.75 Å². The van der Waals surface area contributed by atoms with E-state index in [0.29, 0.717) is 12.1 Å². The molecule has 0 radical (unpaired) electrons. The van der Waals surface area contributed by atoms with Crippen LogP contribution in [0.3, 0.4) is 0 Å². The number of hydrogen-bond acceptors (Lipinski definition) is 5. The fourth-order valence-electron chi connectivity index (χ4n) is 2.55. The van der Waals surface area contributed by atoms with Gasteiger partial charge in [-0.2, -0.15) is 13.2 Å². The summed E-state index contributed by atoms with van der Waals surface area (Å²) in [7, 11) is 0. The highest BCUT2D eigenvalue weighted by Crippen LogP contribution is 2.40. The number of esters is 1. The second-order valence-electron chi connectivity index (χ2n) is 6.21. The van der Waals surface area contributed by atoms with Crippen LogP contribution in [0.1, 0.15) is 21.5 Å². The Morgan fingerprint density at radius 2 is 1.61 bits per heavy atom. The van der Waals surface area contributed by atoms with Crippen LogP contribution < -0.4 is 9.47 Å². The van der Waals surface area contributed by atoms with Gasteiger partial charge in [0, 0.05) is 11.9 Å². The molecule has 0 fully saturated rings. The Bertz CT molecular complexity index is 1120. The molecule has 6 nitrogen and oxygen atoms in total. The minimum Gasteiger partial charge on any atom is -0.446 e. The minimum atomic E-state index is -4.75. The van der Waals surface area contributed by atoms with Crippen molar-refractivity contribution in [3.05, 3.63) is 93.5 Å². The zero-order valence-electron chi connectivity index (χ0n) is 15.6. The molecule has 0 heterocycles. The first kappa shape index (κ1) is 22.1. The average molecular weight is 452 g/mol. The van der Waals surface area contributed by atoms with E-state index < -0.39 is 34.1 Å². The fraction of sp³-hybridized carbons (Fsp3) is 0.0952. The van der Waals surface area contributed by atoms with Crippen LogP contribution in [0.25, 0.3) is 0 Å². The predicted molar refractivity (Wildman–Crippen MR) is 106 cm³/mol. The van der Waals surface area contributed by atoms with Crippen LogP contribution in [0.2, 0.25) is 0 Å². The van der Waals surface area contributed by atoms with Crippen molar-refractivity contribution in [2.24, 2.45) is 0 Å². The smallest absolute Gasteiger partial charge is 0.416 e. The normalized spacial score (nSPS) is 11.1. The number of carbonyl (C=O) groups is 1. The first-order valence-corrected chi connectivity index (χ1v) is 9.22. The summed E-state index contributed by atoms with van der Waals surface area (Å²) in [6.45, 7) is 0. The quantitative estimate of drug-likeness (QED) is 0.143. The largest absolute Gasteiger partial charge is 0.446 e. The van der Waals surface area contributed by atoms with E-state index >= 15 is 0 Å². The van der Waals surface area contributed by atoms with Crippen molar-refractivity contribution in [3.63, 3.8) is 0 Å². The molecular weight excluding hydrogens is 439 g/mol. The van der Waals surface area contributed by atoms with Crippen molar-refractivity contribution < 1.29 is 32.4 Å². The molecule has 0 bridgehead atoms. The number of nitro benzene ring substituents is 1. The molecule has 0 aromatic heterocycles. The van der Waals surface area contributed by atoms with Crippen molar-refractivity contribution in [3.8, 4) is 17.2 Å². The lowest BCUT2D eigenvalue weighted by Crippen LogP contribution is -2.09. The summed E-state index contributed by atoms with van der Waals surface area (Å²) in [5, 5.41) is 11.3. The number of para-hydroxylation sites is 2. The third kappa shape index (κ3) is 5.32. The molecule has 0 saturated heterocycles. The third-order valence-corrected chi connectivity index (χ3v) is 4.41. The van der Waals surface area contributed by atoms with Gasteiger partial charge in [-0.1, -0.05) is 24.3 Å². The van der Waals surface area contributed by atoms with Gasteiger partial charge in [-0.3, -0.25) is 10.1 Å². The summed E-state index contributed by atoms with van der Waals surface area (Å²) in [6, 6.07) is 14.0. The lowest BCUT2D eigenvalue weighted by molar-refractivity contribution is -0.385. The van der Waals surface area contributed by atoms with Crippen molar-refractivity contribution in [1.29, 1.82) is 0 Å². The van der Waals surface area contributed by atoms with E-state index in [4.69, 9.17) is 21.1 Å². The topological polar surface area (TPSA) is 78.7 Å². The molecule has 0 aliphatic rings. The molecule has 0 spiro atoms. The van der Waals surface area contributed by atoms with Gasteiger partial charge in [0.15, 0.2) is 11.5 Å². The van der Waals surface area contributed by atoms with Crippen LogP contribution in [-0.4, -0.2) is 10.9 Å². The Labute approximate surface area is 178 Å². The second-order valence-corrected chi connectivity index (χ2v) is 6.47. The number of carbonyl (C=O) groups excluding carboxylic acids is 1. The van der Waals surface area contributed by atoms with Crippen molar-refractivity contribution in [2.75, 3.05) is 0 Å². The van der Waals surface area contributed by atoms with Gasteiger partial charge in [0.05, 0.1) is 16.1 Å². The number of alkyl halides is 4. The number of nitrogens with zero attached hydrogens (tertiary/aromatic N) is 1. The highest BCUT2D eigenvalue weighted by Gasteiger charge is 2.33. The highest BCUT2D eigenvalue weighted by molar-refractivity contribution is 6.17. The summed E-state index contributed by atoms with van der Waals surface area (Å²) in [4.78, 5) is 22.7. The number of benzene rings is 3. The highest BCUT2D eigenvalue weighted by atomic mass is 35.5. The van der Waals surface area contributed by atoms with E-state index in [1.54, 1.807) is 12.1 Å². The first-order chi connectivity index (χ1) is 14.7. The average Bonchev–Trinajstić information content (AvgIpc) is 2.74. The summed E-state index contributed by atoms with van der Waals surface area (Å²) in [5.74, 6) is -1.04. The maximum atomic E-state index is 12.9. The SMILES string of the molecule is O=C(Oc1ccccc1Oc1ccc(C(F)(F)F)cc1[N+](=O)[O-])c1ccc(CCl)cc1. The number of nitro groups is 1. The van der Waals surface area contributed by atoms with Crippen LogP contribution in [-0.2, 0) is 12.1 Å². The van der Waals surface area contributed by atoms with E-state index in [-0.39, 0.29) is 22.9 Å². The molecular formula is C21H13ClF3NO5. The van der Waals surface area contributed by atoms with Gasteiger partial charge < -0.3 is 9.47 Å². The molecule has 0 N–H and O–H groups in total. The molecule has 31 heavy (non-hydrogen) atoms. The summed E-state index contributed by atoms with van der Waals surface area (Å²) >= 11 is 5.71. The molecule has 0 atom stereocenters. The number of ether oxygens (including phenoxy) is 2. The van der Waals surface area contributed by atoms with Gasteiger partial charge in [0.1, 0.15) is 0 Å². The van der Waals surface area contributed by atoms with Gasteiger partial charge in [0.25, 0.3) is 0 Å². The lowest BCUT2D eigenvalue weighted by atomic mass is 10.1. The lowest BCUT2D eigenvalue weighted by Gasteiger charge is -2.13. The second kappa shape index (κ2) is 9.05. The molecule has 0 saturated carbocycles. The number of halogens is 4. The van der Waals surface area contributed by atoms with E-state index in [2.05, 4.69) is 0 Å². The van der Waals surface area contributed by atoms with Crippen molar-refractivity contribution >= 4 is 23.3 Å². The number of hydrogen-bond donors (Lipinski definition) is 0. The van der Waals surface area contributed by atoms with Crippen LogP contribution in [0.5, 0.6) is 17.2 Å². The predicted octanol–water partition coefficient (Wildman–Crippen LogP) is 6.36. The molecule has 0 unspecified atom stereocenters. The molecule has 3 rings (SSSR count). The number of rotatable bonds is 6. The Morgan fingerprint density at radius 1 is 0.968 bits per heavy atom. The Hall–Kier alpha value is -3.59. The first-order valence-electron chi connectivity index (χ1n) is 8.68. The van der Waals surface area contributed by atoms with Gasteiger partial charge in [-0.25, -0.2) is 4.79 Å². The maximum Gasteiger partial charge on any atom is 0.416 e. The molecule has 0 amide bonds. The van der Waals surface area contributed by atoms with Crippen LogP contribution in [0.15, 0.2) is 66.7 Å². The zero-order valence-corrected chi connectivity index (χ0v) is 16.3. The summed E-state index contributed by atoms with van der Waals surface area (Å²) in [6.07, 6.45) is -4.75.